The van der Waals surface area contributed by atoms with Gasteiger partial charge in [-0.2, -0.15) is 5.10 Å². The standard InChI is InChI=1S/C17H14IN3O/c1-11-5-7-14(8-6-11)21-17(19)15(10-20-21)16(22)12-3-2-4-13(18)9-12/h2-10H,19H2,1H3. The number of carbonyl (C=O) groups is 1. The van der Waals surface area contributed by atoms with Crippen LogP contribution in [-0.4, -0.2) is 15.6 Å². The van der Waals surface area contributed by atoms with Crippen LogP contribution in [0.25, 0.3) is 5.69 Å². The third-order valence-corrected chi connectivity index (χ3v) is 4.09. The van der Waals surface area contributed by atoms with Crippen LogP contribution < -0.4 is 5.73 Å². The van der Waals surface area contributed by atoms with E-state index in [0.29, 0.717) is 16.9 Å². The highest BCUT2D eigenvalue weighted by Gasteiger charge is 2.17. The fourth-order valence-corrected chi connectivity index (χ4v) is 2.75. The predicted octanol–water partition coefficient (Wildman–Crippen LogP) is 3.60. The van der Waals surface area contributed by atoms with E-state index >= 15 is 0 Å². The molecule has 3 aromatic rings. The minimum Gasteiger partial charge on any atom is -0.383 e. The molecule has 4 nitrogen and oxygen atoms in total. The molecule has 0 saturated carbocycles. The number of aromatic nitrogens is 2. The third kappa shape index (κ3) is 2.76. The number of nitrogens with zero attached hydrogens (tertiary/aromatic N) is 2. The van der Waals surface area contributed by atoms with Gasteiger partial charge in [0.2, 0.25) is 0 Å². The second-order valence-electron chi connectivity index (χ2n) is 5.03. The van der Waals surface area contributed by atoms with Gasteiger partial charge in [0.25, 0.3) is 0 Å². The maximum Gasteiger partial charge on any atom is 0.198 e. The maximum atomic E-state index is 12.6. The van der Waals surface area contributed by atoms with E-state index in [2.05, 4.69) is 27.7 Å². The summed E-state index contributed by atoms with van der Waals surface area (Å²) < 4.78 is 2.59. The molecule has 0 bridgehead atoms. The molecule has 5 heteroatoms. The van der Waals surface area contributed by atoms with E-state index in [0.717, 1.165) is 14.8 Å². The van der Waals surface area contributed by atoms with Crippen molar-refractivity contribution in [3.8, 4) is 5.69 Å². The molecule has 0 unspecified atom stereocenters. The van der Waals surface area contributed by atoms with E-state index in [1.165, 1.54) is 6.20 Å². The van der Waals surface area contributed by atoms with Crippen molar-refractivity contribution in [2.75, 3.05) is 5.73 Å². The van der Waals surface area contributed by atoms with Crippen LogP contribution in [0.1, 0.15) is 21.5 Å². The third-order valence-electron chi connectivity index (χ3n) is 3.42. The van der Waals surface area contributed by atoms with Gasteiger partial charge in [-0.05, 0) is 53.8 Å². The van der Waals surface area contributed by atoms with E-state index in [9.17, 15) is 4.79 Å². The highest BCUT2D eigenvalue weighted by Crippen LogP contribution is 2.21. The van der Waals surface area contributed by atoms with Gasteiger partial charge >= 0.3 is 0 Å². The zero-order chi connectivity index (χ0) is 15.7. The summed E-state index contributed by atoms with van der Waals surface area (Å²) in [5.41, 5.74) is 9.15. The Morgan fingerprint density at radius 3 is 2.59 bits per heavy atom. The van der Waals surface area contributed by atoms with Gasteiger partial charge in [-0.15, -0.1) is 0 Å². The van der Waals surface area contributed by atoms with Gasteiger partial charge in [0, 0.05) is 9.13 Å². The van der Waals surface area contributed by atoms with Crippen molar-refractivity contribution in [2.45, 2.75) is 6.92 Å². The number of nitrogen functional groups attached to an aromatic ring is 1. The van der Waals surface area contributed by atoms with Gasteiger partial charge in [-0.25, -0.2) is 4.68 Å². The van der Waals surface area contributed by atoms with Crippen molar-refractivity contribution in [3.05, 3.63) is 75.0 Å². The Kier molecular flexibility index (Phi) is 3.98. The van der Waals surface area contributed by atoms with Crippen molar-refractivity contribution in [3.63, 3.8) is 0 Å². The van der Waals surface area contributed by atoms with Crippen molar-refractivity contribution >= 4 is 34.2 Å². The van der Waals surface area contributed by atoms with E-state index in [1.54, 1.807) is 10.7 Å². The molecule has 110 valence electrons. The van der Waals surface area contributed by atoms with Crippen LogP contribution in [0.2, 0.25) is 0 Å². The lowest BCUT2D eigenvalue weighted by Crippen LogP contribution is -2.07. The fourth-order valence-electron chi connectivity index (χ4n) is 2.21. The first-order valence-electron chi connectivity index (χ1n) is 6.77. The molecule has 0 spiro atoms. The normalized spacial score (nSPS) is 10.6. The molecule has 1 heterocycles. The Balaban J connectivity index is 2.00. The van der Waals surface area contributed by atoms with Crippen molar-refractivity contribution in [2.24, 2.45) is 0 Å². The number of carbonyl (C=O) groups excluding carboxylic acids is 1. The maximum absolute atomic E-state index is 12.6. The molecule has 0 saturated heterocycles. The van der Waals surface area contributed by atoms with E-state index < -0.39 is 0 Å². The zero-order valence-electron chi connectivity index (χ0n) is 12.0. The summed E-state index contributed by atoms with van der Waals surface area (Å²) in [6.07, 6.45) is 1.53. The van der Waals surface area contributed by atoms with Crippen LogP contribution in [0.3, 0.4) is 0 Å². The number of rotatable bonds is 3. The number of ketones is 1. The summed E-state index contributed by atoms with van der Waals surface area (Å²) in [6.45, 7) is 2.02. The molecule has 1 aromatic heterocycles. The van der Waals surface area contributed by atoms with Gasteiger partial charge in [-0.3, -0.25) is 4.79 Å². The van der Waals surface area contributed by atoms with E-state index in [-0.39, 0.29) is 5.78 Å². The van der Waals surface area contributed by atoms with Crippen LogP contribution in [0.15, 0.2) is 54.7 Å². The number of hydrogen-bond donors (Lipinski definition) is 1. The van der Waals surface area contributed by atoms with Gasteiger partial charge in [0.1, 0.15) is 5.82 Å². The zero-order valence-corrected chi connectivity index (χ0v) is 14.1. The molecule has 0 amide bonds. The average Bonchev–Trinajstić information content (AvgIpc) is 2.89. The minimum atomic E-state index is -0.116. The summed E-state index contributed by atoms with van der Waals surface area (Å²) >= 11 is 2.18. The highest BCUT2D eigenvalue weighted by molar-refractivity contribution is 14.1. The Labute approximate surface area is 142 Å². The van der Waals surface area contributed by atoms with Crippen LogP contribution in [0.5, 0.6) is 0 Å². The second-order valence-corrected chi connectivity index (χ2v) is 6.28. The number of anilines is 1. The van der Waals surface area contributed by atoms with Gasteiger partial charge in [0.05, 0.1) is 17.4 Å². The van der Waals surface area contributed by atoms with Crippen LogP contribution >= 0.6 is 22.6 Å². The Hall–Kier alpha value is -2.15. The monoisotopic (exact) mass is 403 g/mol. The van der Waals surface area contributed by atoms with E-state index in [4.69, 9.17) is 5.73 Å². The van der Waals surface area contributed by atoms with Crippen LogP contribution in [-0.2, 0) is 0 Å². The summed E-state index contributed by atoms with van der Waals surface area (Å²) in [5, 5.41) is 4.25. The first-order valence-corrected chi connectivity index (χ1v) is 7.85. The Morgan fingerprint density at radius 2 is 1.91 bits per heavy atom. The highest BCUT2D eigenvalue weighted by atomic mass is 127. The summed E-state index contributed by atoms with van der Waals surface area (Å²) in [7, 11) is 0. The molecule has 0 radical (unpaired) electrons. The molecule has 0 aliphatic heterocycles. The molecule has 22 heavy (non-hydrogen) atoms. The number of aryl methyl sites for hydroxylation is 1. The summed E-state index contributed by atoms with van der Waals surface area (Å²) in [6, 6.07) is 15.2. The minimum absolute atomic E-state index is 0.116. The number of halogens is 1. The Morgan fingerprint density at radius 1 is 1.18 bits per heavy atom. The molecule has 0 aliphatic carbocycles. The van der Waals surface area contributed by atoms with Gasteiger partial charge in [-0.1, -0.05) is 29.8 Å². The molecule has 0 fully saturated rings. The van der Waals surface area contributed by atoms with Gasteiger partial charge < -0.3 is 5.73 Å². The van der Waals surface area contributed by atoms with Crippen molar-refractivity contribution in [1.29, 1.82) is 0 Å². The smallest absolute Gasteiger partial charge is 0.198 e. The van der Waals surface area contributed by atoms with E-state index in [1.807, 2.05) is 49.4 Å². The molecule has 2 N–H and O–H groups in total. The van der Waals surface area contributed by atoms with Crippen LogP contribution in [0.4, 0.5) is 5.82 Å². The number of nitrogens with two attached hydrogens (primary N) is 1. The largest absolute Gasteiger partial charge is 0.383 e. The first kappa shape index (κ1) is 14.8. The lowest BCUT2D eigenvalue weighted by molar-refractivity contribution is 0.103. The lowest BCUT2D eigenvalue weighted by atomic mass is 10.1. The first-order chi connectivity index (χ1) is 10.6. The molecule has 0 aliphatic rings. The quantitative estimate of drug-likeness (QED) is 0.537. The average molecular weight is 403 g/mol. The van der Waals surface area contributed by atoms with Crippen molar-refractivity contribution < 1.29 is 4.79 Å². The van der Waals surface area contributed by atoms with Gasteiger partial charge in [0.15, 0.2) is 5.78 Å². The second kappa shape index (κ2) is 5.92. The van der Waals surface area contributed by atoms with Crippen molar-refractivity contribution in [1.82, 2.24) is 9.78 Å². The molecule has 2 aromatic carbocycles. The summed E-state index contributed by atoms with van der Waals surface area (Å²) in [5.74, 6) is 0.238. The lowest BCUT2D eigenvalue weighted by Gasteiger charge is -2.05. The SMILES string of the molecule is Cc1ccc(-n2ncc(C(=O)c3cccc(I)c3)c2N)cc1. The molecule has 0 atom stereocenters. The molecule has 3 rings (SSSR count). The van der Waals surface area contributed by atoms with Crippen LogP contribution in [0, 0.1) is 10.5 Å². The summed E-state index contributed by atoms with van der Waals surface area (Å²) in [4.78, 5) is 12.6. The molecular formula is C17H14IN3O. The predicted molar refractivity (Wildman–Crippen MR) is 95.3 cm³/mol. The number of benzene rings is 2. The topological polar surface area (TPSA) is 60.9 Å². The fraction of sp³-hybridized carbons (Fsp3) is 0.0588. The Bertz CT molecular complexity index is 837. The molecular weight excluding hydrogens is 389 g/mol. The number of hydrogen-bond acceptors (Lipinski definition) is 3.